The largest absolute Gasteiger partial charge is 0.493 e. The highest BCUT2D eigenvalue weighted by Gasteiger charge is 2.23. The number of benzene rings is 2. The van der Waals surface area contributed by atoms with Crippen molar-refractivity contribution in [2.75, 3.05) is 33.9 Å². The Balaban J connectivity index is 1.41. The van der Waals surface area contributed by atoms with Crippen LogP contribution in [0.3, 0.4) is 0 Å². The second-order valence-electron chi connectivity index (χ2n) is 8.09. The number of aryl methyl sites for hydroxylation is 2. The summed E-state index contributed by atoms with van der Waals surface area (Å²) < 4.78 is 10.5. The lowest BCUT2D eigenvalue weighted by molar-refractivity contribution is -0.132. The highest BCUT2D eigenvalue weighted by Crippen LogP contribution is 2.27. The van der Waals surface area contributed by atoms with Crippen molar-refractivity contribution >= 4 is 11.8 Å². The highest BCUT2D eigenvalue weighted by molar-refractivity contribution is 5.94. The number of nitrogens with one attached hydrogen (secondary N) is 1. The number of ether oxygens (including phenoxy) is 2. The quantitative estimate of drug-likeness (QED) is 0.703. The first-order chi connectivity index (χ1) is 15.0. The van der Waals surface area contributed by atoms with Gasteiger partial charge in [0.2, 0.25) is 5.91 Å². The molecule has 1 fully saturated rings. The SMILES string of the molecule is COc1ccc(C(=O)NCC2CCN(C(=O)CCc3ccc(C)cc3)CC2)cc1OC. The maximum Gasteiger partial charge on any atom is 0.251 e. The molecule has 0 spiro atoms. The van der Waals surface area contributed by atoms with Crippen molar-refractivity contribution in [3.8, 4) is 11.5 Å². The third kappa shape index (κ3) is 6.23. The van der Waals surface area contributed by atoms with Crippen LogP contribution >= 0.6 is 0 Å². The van der Waals surface area contributed by atoms with Crippen molar-refractivity contribution in [2.45, 2.75) is 32.6 Å². The van der Waals surface area contributed by atoms with Crippen LogP contribution in [0.15, 0.2) is 42.5 Å². The van der Waals surface area contributed by atoms with E-state index >= 15 is 0 Å². The van der Waals surface area contributed by atoms with Crippen LogP contribution in [0.1, 0.15) is 40.7 Å². The average molecular weight is 425 g/mol. The summed E-state index contributed by atoms with van der Waals surface area (Å²) in [6, 6.07) is 13.5. The summed E-state index contributed by atoms with van der Waals surface area (Å²) in [7, 11) is 3.12. The molecule has 3 rings (SSSR count). The van der Waals surface area contributed by atoms with E-state index in [-0.39, 0.29) is 11.8 Å². The molecule has 31 heavy (non-hydrogen) atoms. The van der Waals surface area contributed by atoms with E-state index in [9.17, 15) is 9.59 Å². The van der Waals surface area contributed by atoms with E-state index in [1.807, 2.05) is 4.90 Å². The Kier molecular flexibility index (Phi) is 7.93. The van der Waals surface area contributed by atoms with Gasteiger partial charge in [-0.3, -0.25) is 9.59 Å². The lowest BCUT2D eigenvalue weighted by atomic mass is 9.96. The molecule has 0 aliphatic carbocycles. The van der Waals surface area contributed by atoms with Crippen LogP contribution in [-0.4, -0.2) is 50.6 Å². The summed E-state index contributed by atoms with van der Waals surface area (Å²) in [5.74, 6) is 1.60. The number of carbonyl (C=O) groups is 2. The van der Waals surface area contributed by atoms with E-state index in [2.05, 4.69) is 36.5 Å². The van der Waals surface area contributed by atoms with Crippen LogP contribution in [0, 0.1) is 12.8 Å². The van der Waals surface area contributed by atoms with Gasteiger partial charge in [0.05, 0.1) is 14.2 Å². The average Bonchev–Trinajstić information content (AvgIpc) is 2.81. The molecular weight excluding hydrogens is 392 g/mol. The first-order valence-corrected chi connectivity index (χ1v) is 10.8. The normalized spacial score (nSPS) is 14.2. The smallest absolute Gasteiger partial charge is 0.251 e. The van der Waals surface area contributed by atoms with E-state index in [0.29, 0.717) is 35.9 Å². The Bertz CT molecular complexity index is 887. The van der Waals surface area contributed by atoms with E-state index in [4.69, 9.17) is 9.47 Å². The Morgan fingerprint density at radius 2 is 1.68 bits per heavy atom. The fourth-order valence-electron chi connectivity index (χ4n) is 3.87. The van der Waals surface area contributed by atoms with E-state index in [1.54, 1.807) is 32.4 Å². The van der Waals surface area contributed by atoms with Gasteiger partial charge in [0.25, 0.3) is 5.91 Å². The molecule has 0 bridgehead atoms. The van der Waals surface area contributed by atoms with Crippen molar-refractivity contribution in [3.63, 3.8) is 0 Å². The van der Waals surface area contributed by atoms with Gasteiger partial charge >= 0.3 is 0 Å². The van der Waals surface area contributed by atoms with Crippen molar-refractivity contribution < 1.29 is 19.1 Å². The van der Waals surface area contributed by atoms with Crippen LogP contribution < -0.4 is 14.8 Å². The molecule has 0 radical (unpaired) electrons. The molecule has 1 saturated heterocycles. The minimum absolute atomic E-state index is 0.127. The Labute approximate surface area is 184 Å². The molecule has 6 heteroatoms. The molecule has 1 N–H and O–H groups in total. The number of rotatable bonds is 8. The van der Waals surface area contributed by atoms with Gasteiger partial charge in [-0.15, -0.1) is 0 Å². The molecule has 2 amide bonds. The Hall–Kier alpha value is -3.02. The highest BCUT2D eigenvalue weighted by atomic mass is 16.5. The number of piperidine rings is 1. The molecule has 6 nitrogen and oxygen atoms in total. The predicted molar refractivity (Wildman–Crippen MR) is 121 cm³/mol. The van der Waals surface area contributed by atoms with Crippen molar-refractivity contribution in [2.24, 2.45) is 5.92 Å². The molecule has 2 aromatic rings. The summed E-state index contributed by atoms with van der Waals surface area (Å²) in [5.41, 5.74) is 2.98. The molecule has 0 aromatic heterocycles. The van der Waals surface area contributed by atoms with Gasteiger partial charge < -0.3 is 19.7 Å². The van der Waals surface area contributed by atoms with Gasteiger partial charge in [-0.1, -0.05) is 29.8 Å². The number of nitrogens with zero attached hydrogens (tertiary/aromatic N) is 1. The number of hydrogen-bond acceptors (Lipinski definition) is 4. The Morgan fingerprint density at radius 1 is 1.00 bits per heavy atom. The number of hydrogen-bond donors (Lipinski definition) is 1. The molecule has 0 atom stereocenters. The van der Waals surface area contributed by atoms with E-state index in [1.165, 1.54) is 11.1 Å². The molecular formula is C25H32N2O4. The van der Waals surface area contributed by atoms with Crippen LogP contribution in [0.2, 0.25) is 0 Å². The van der Waals surface area contributed by atoms with Crippen molar-refractivity contribution in [1.82, 2.24) is 10.2 Å². The van der Waals surface area contributed by atoms with Gasteiger partial charge in [0.15, 0.2) is 11.5 Å². The van der Waals surface area contributed by atoms with Crippen LogP contribution in [0.4, 0.5) is 0 Å². The number of likely N-dealkylation sites (tertiary alicyclic amines) is 1. The molecule has 0 unspecified atom stereocenters. The fraction of sp³-hybridized carbons (Fsp3) is 0.440. The maximum absolute atomic E-state index is 12.5. The molecule has 166 valence electrons. The van der Waals surface area contributed by atoms with E-state index < -0.39 is 0 Å². The number of carbonyl (C=O) groups excluding carboxylic acids is 2. The van der Waals surface area contributed by atoms with Gasteiger partial charge in [0.1, 0.15) is 0 Å². The third-order valence-corrected chi connectivity index (χ3v) is 5.91. The molecule has 2 aromatic carbocycles. The summed E-state index contributed by atoms with van der Waals surface area (Å²) in [6.45, 7) is 4.18. The lowest BCUT2D eigenvalue weighted by Crippen LogP contribution is -2.41. The zero-order chi connectivity index (χ0) is 22.2. The zero-order valence-electron chi connectivity index (χ0n) is 18.6. The standard InChI is InChI=1S/C25H32N2O4/c1-18-4-6-19(7-5-18)8-11-24(28)27-14-12-20(13-15-27)17-26-25(29)21-9-10-22(30-2)23(16-21)31-3/h4-7,9-10,16,20H,8,11-15,17H2,1-3H3,(H,26,29). The van der Waals surface area contributed by atoms with Crippen LogP contribution in [0.25, 0.3) is 0 Å². The topological polar surface area (TPSA) is 67.9 Å². The minimum Gasteiger partial charge on any atom is -0.493 e. The number of amides is 2. The minimum atomic E-state index is -0.127. The lowest BCUT2D eigenvalue weighted by Gasteiger charge is -2.32. The van der Waals surface area contributed by atoms with E-state index in [0.717, 1.165) is 32.4 Å². The van der Waals surface area contributed by atoms with Crippen molar-refractivity contribution in [1.29, 1.82) is 0 Å². The summed E-state index contributed by atoms with van der Waals surface area (Å²) in [6.07, 6.45) is 3.13. The maximum atomic E-state index is 12.5. The molecule has 1 aliphatic heterocycles. The summed E-state index contributed by atoms with van der Waals surface area (Å²) >= 11 is 0. The molecule has 1 aliphatic rings. The van der Waals surface area contributed by atoms with Gasteiger partial charge in [-0.2, -0.15) is 0 Å². The second kappa shape index (κ2) is 10.8. The monoisotopic (exact) mass is 424 g/mol. The first-order valence-electron chi connectivity index (χ1n) is 10.8. The third-order valence-electron chi connectivity index (χ3n) is 5.91. The summed E-state index contributed by atoms with van der Waals surface area (Å²) in [5, 5.41) is 3.01. The summed E-state index contributed by atoms with van der Waals surface area (Å²) in [4.78, 5) is 27.0. The van der Waals surface area contributed by atoms with Gasteiger partial charge in [-0.25, -0.2) is 0 Å². The first kappa shape index (κ1) is 22.7. The van der Waals surface area contributed by atoms with Crippen molar-refractivity contribution in [3.05, 3.63) is 59.2 Å². The molecule has 0 saturated carbocycles. The Morgan fingerprint density at radius 3 is 2.32 bits per heavy atom. The van der Waals surface area contributed by atoms with Crippen LogP contribution in [0.5, 0.6) is 11.5 Å². The zero-order valence-corrected chi connectivity index (χ0v) is 18.6. The molecule has 1 heterocycles. The van der Waals surface area contributed by atoms with Gasteiger partial charge in [-0.05, 0) is 55.9 Å². The fourth-order valence-corrected chi connectivity index (χ4v) is 3.87. The second-order valence-corrected chi connectivity index (χ2v) is 8.09. The number of methoxy groups -OCH3 is 2. The van der Waals surface area contributed by atoms with Crippen LogP contribution in [-0.2, 0) is 11.2 Å². The van der Waals surface area contributed by atoms with Gasteiger partial charge in [0, 0.05) is 31.6 Å². The predicted octanol–water partition coefficient (Wildman–Crippen LogP) is 3.61.